The van der Waals surface area contributed by atoms with E-state index in [1.54, 1.807) is 0 Å². The Balaban J connectivity index is 1.66. The molecule has 0 bridgehead atoms. The van der Waals surface area contributed by atoms with Crippen molar-refractivity contribution in [1.82, 2.24) is 14.9 Å². The second-order valence-corrected chi connectivity index (χ2v) is 6.01. The summed E-state index contributed by atoms with van der Waals surface area (Å²) in [7, 11) is 0. The van der Waals surface area contributed by atoms with Gasteiger partial charge in [0, 0.05) is 25.4 Å². The van der Waals surface area contributed by atoms with E-state index in [-0.39, 0.29) is 29.5 Å². The molecule has 6 heteroatoms. The van der Waals surface area contributed by atoms with Crippen molar-refractivity contribution >= 4 is 5.91 Å². The minimum Gasteiger partial charge on any atom is -0.470 e. The van der Waals surface area contributed by atoms with Gasteiger partial charge in [0.05, 0.1) is 12.5 Å². The van der Waals surface area contributed by atoms with E-state index in [1.807, 2.05) is 48.2 Å². The molecule has 1 aromatic heterocycles. The highest BCUT2D eigenvalue weighted by Crippen LogP contribution is 2.25. The molecule has 0 unspecified atom stereocenters. The van der Waals surface area contributed by atoms with Crippen LogP contribution in [0, 0.1) is 11.3 Å². The summed E-state index contributed by atoms with van der Waals surface area (Å²) in [5.41, 5.74) is 1.21. The van der Waals surface area contributed by atoms with Gasteiger partial charge in [-0.2, -0.15) is 5.26 Å². The number of likely N-dealkylation sites (tertiary alicyclic amines) is 1. The third-order valence-electron chi connectivity index (χ3n) is 4.41. The Hall–Kier alpha value is -2.94. The van der Waals surface area contributed by atoms with Crippen molar-refractivity contribution in [3.63, 3.8) is 0 Å². The molecule has 2 heterocycles. The Morgan fingerprint density at radius 3 is 2.84 bits per heavy atom. The van der Waals surface area contributed by atoms with Gasteiger partial charge in [-0.05, 0) is 12.0 Å². The van der Waals surface area contributed by atoms with Crippen molar-refractivity contribution in [2.24, 2.45) is 0 Å². The van der Waals surface area contributed by atoms with Crippen LogP contribution in [0.15, 0.2) is 42.7 Å². The van der Waals surface area contributed by atoms with Gasteiger partial charge in [-0.15, -0.1) is 0 Å². The van der Waals surface area contributed by atoms with Crippen LogP contribution < -0.4 is 4.74 Å². The standard InChI is InChI=1S/C19H20N4O2/c1-2-16(14-6-4-3-5-7-14)19(24)23-11-8-15(13-23)25-18-17(12-20)21-9-10-22-18/h3-7,9-10,15-16H,2,8,11,13H2,1H3/t15-,16-/m1/s1. The first-order chi connectivity index (χ1) is 12.2. The van der Waals surface area contributed by atoms with Crippen molar-refractivity contribution < 1.29 is 9.53 Å². The predicted octanol–water partition coefficient (Wildman–Crippen LogP) is 2.52. The molecule has 128 valence electrons. The number of benzene rings is 1. The lowest BCUT2D eigenvalue weighted by Crippen LogP contribution is -2.34. The van der Waals surface area contributed by atoms with E-state index < -0.39 is 0 Å². The first-order valence-electron chi connectivity index (χ1n) is 8.44. The molecule has 3 rings (SSSR count). The fourth-order valence-corrected chi connectivity index (χ4v) is 3.13. The van der Waals surface area contributed by atoms with E-state index in [4.69, 9.17) is 10.00 Å². The lowest BCUT2D eigenvalue weighted by molar-refractivity contribution is -0.132. The molecule has 1 aliphatic rings. The largest absolute Gasteiger partial charge is 0.470 e. The molecular weight excluding hydrogens is 316 g/mol. The van der Waals surface area contributed by atoms with Crippen LogP contribution in [-0.2, 0) is 4.79 Å². The Morgan fingerprint density at radius 1 is 1.36 bits per heavy atom. The van der Waals surface area contributed by atoms with Crippen molar-refractivity contribution in [3.8, 4) is 11.9 Å². The van der Waals surface area contributed by atoms with Crippen LogP contribution in [0.4, 0.5) is 0 Å². The van der Waals surface area contributed by atoms with Gasteiger partial charge in [0.15, 0.2) is 0 Å². The zero-order chi connectivity index (χ0) is 17.6. The Labute approximate surface area is 147 Å². The van der Waals surface area contributed by atoms with Crippen molar-refractivity contribution in [1.29, 1.82) is 5.26 Å². The number of hydrogen-bond acceptors (Lipinski definition) is 5. The maximum Gasteiger partial charge on any atom is 0.251 e. The smallest absolute Gasteiger partial charge is 0.251 e. The monoisotopic (exact) mass is 336 g/mol. The average molecular weight is 336 g/mol. The Bertz CT molecular complexity index is 772. The van der Waals surface area contributed by atoms with Gasteiger partial charge in [-0.25, -0.2) is 9.97 Å². The van der Waals surface area contributed by atoms with Crippen molar-refractivity contribution in [2.45, 2.75) is 31.8 Å². The highest BCUT2D eigenvalue weighted by molar-refractivity contribution is 5.84. The molecule has 1 saturated heterocycles. The van der Waals surface area contributed by atoms with Gasteiger partial charge in [-0.3, -0.25) is 4.79 Å². The SMILES string of the molecule is CC[C@@H](C(=O)N1CC[C@@H](Oc2nccnc2C#N)C1)c1ccccc1. The second-order valence-electron chi connectivity index (χ2n) is 6.01. The molecule has 2 aromatic rings. The second kappa shape index (κ2) is 7.75. The summed E-state index contributed by atoms with van der Waals surface area (Å²) in [4.78, 5) is 22.7. The Kier molecular flexibility index (Phi) is 5.24. The van der Waals surface area contributed by atoms with Crippen LogP contribution in [0.1, 0.15) is 36.9 Å². The zero-order valence-corrected chi connectivity index (χ0v) is 14.1. The minimum absolute atomic E-state index is 0.124. The van der Waals surface area contributed by atoms with Crippen LogP contribution in [0.3, 0.4) is 0 Å². The normalized spacial score (nSPS) is 17.8. The highest BCUT2D eigenvalue weighted by Gasteiger charge is 2.32. The molecule has 2 atom stereocenters. The van der Waals surface area contributed by atoms with Crippen LogP contribution in [0.5, 0.6) is 5.88 Å². The minimum atomic E-state index is -0.166. The quantitative estimate of drug-likeness (QED) is 0.838. The molecule has 0 N–H and O–H groups in total. The number of ether oxygens (including phenoxy) is 1. The van der Waals surface area contributed by atoms with Crippen molar-refractivity contribution in [3.05, 3.63) is 54.0 Å². The third kappa shape index (κ3) is 3.77. The molecule has 0 aliphatic carbocycles. The van der Waals surface area contributed by atoms with Crippen LogP contribution >= 0.6 is 0 Å². The molecule has 1 fully saturated rings. The lowest BCUT2D eigenvalue weighted by atomic mass is 9.95. The molecule has 0 radical (unpaired) electrons. The fraction of sp³-hybridized carbons (Fsp3) is 0.368. The summed E-state index contributed by atoms with van der Waals surface area (Å²) in [6.07, 6.45) is 4.27. The predicted molar refractivity (Wildman–Crippen MR) is 91.8 cm³/mol. The Morgan fingerprint density at radius 2 is 2.12 bits per heavy atom. The number of carbonyl (C=O) groups is 1. The topological polar surface area (TPSA) is 79.1 Å². The number of hydrogen-bond donors (Lipinski definition) is 0. The van der Waals surface area contributed by atoms with Crippen molar-refractivity contribution in [2.75, 3.05) is 13.1 Å². The molecule has 6 nitrogen and oxygen atoms in total. The number of aromatic nitrogens is 2. The summed E-state index contributed by atoms with van der Waals surface area (Å²) in [5, 5.41) is 9.07. The van der Waals surface area contributed by atoms with Gasteiger partial charge < -0.3 is 9.64 Å². The first kappa shape index (κ1) is 16.9. The van der Waals surface area contributed by atoms with Crippen LogP contribution in [0.25, 0.3) is 0 Å². The molecule has 25 heavy (non-hydrogen) atoms. The van der Waals surface area contributed by atoms with E-state index in [0.717, 1.165) is 18.4 Å². The van der Waals surface area contributed by atoms with Crippen LogP contribution in [0.2, 0.25) is 0 Å². The summed E-state index contributed by atoms with van der Waals surface area (Å²) in [5.74, 6) is 0.227. The zero-order valence-electron chi connectivity index (χ0n) is 14.1. The molecule has 1 aliphatic heterocycles. The summed E-state index contributed by atoms with van der Waals surface area (Å²) < 4.78 is 5.81. The number of nitrogens with zero attached hydrogens (tertiary/aromatic N) is 4. The first-order valence-corrected chi connectivity index (χ1v) is 8.44. The van der Waals surface area contributed by atoms with E-state index in [1.165, 1.54) is 12.4 Å². The maximum atomic E-state index is 12.9. The fourth-order valence-electron chi connectivity index (χ4n) is 3.13. The van der Waals surface area contributed by atoms with Gasteiger partial charge in [0.1, 0.15) is 12.2 Å². The molecule has 0 spiro atoms. The number of carbonyl (C=O) groups excluding carboxylic acids is 1. The summed E-state index contributed by atoms with van der Waals surface area (Å²) >= 11 is 0. The van der Waals surface area contributed by atoms with E-state index >= 15 is 0 Å². The van der Waals surface area contributed by atoms with E-state index in [9.17, 15) is 4.79 Å². The number of nitriles is 1. The van der Waals surface area contributed by atoms with Gasteiger partial charge in [0.2, 0.25) is 11.6 Å². The molecule has 1 aromatic carbocycles. The molecule has 0 saturated carbocycles. The van der Waals surface area contributed by atoms with Gasteiger partial charge in [-0.1, -0.05) is 37.3 Å². The van der Waals surface area contributed by atoms with E-state index in [2.05, 4.69) is 9.97 Å². The number of amides is 1. The maximum absolute atomic E-state index is 12.9. The van der Waals surface area contributed by atoms with Gasteiger partial charge >= 0.3 is 0 Å². The molecule has 1 amide bonds. The summed E-state index contributed by atoms with van der Waals surface area (Å²) in [6.45, 7) is 3.18. The van der Waals surface area contributed by atoms with Gasteiger partial charge in [0.25, 0.3) is 5.88 Å². The van der Waals surface area contributed by atoms with Crippen LogP contribution in [-0.4, -0.2) is 40.0 Å². The van der Waals surface area contributed by atoms with E-state index in [0.29, 0.717) is 13.1 Å². The third-order valence-corrected chi connectivity index (χ3v) is 4.41. The number of rotatable bonds is 5. The lowest BCUT2D eigenvalue weighted by Gasteiger charge is -2.23. The highest BCUT2D eigenvalue weighted by atomic mass is 16.5. The molecular formula is C19H20N4O2. The summed E-state index contributed by atoms with van der Waals surface area (Å²) in [6, 6.07) is 11.8. The average Bonchev–Trinajstić information content (AvgIpc) is 3.12.